The van der Waals surface area contributed by atoms with E-state index in [1.54, 1.807) is 57.2 Å². The molecule has 3 rings (SSSR count). The van der Waals surface area contributed by atoms with Crippen LogP contribution in [0.1, 0.15) is 47.8 Å². The van der Waals surface area contributed by atoms with Crippen LogP contribution < -0.4 is 16.0 Å². The molecule has 0 unspecified atom stereocenters. The molecule has 3 amide bonds. The van der Waals surface area contributed by atoms with Crippen molar-refractivity contribution in [1.82, 2.24) is 16.0 Å². The molecule has 3 aromatic rings. The Bertz CT molecular complexity index is 1530. The van der Waals surface area contributed by atoms with Crippen LogP contribution in [0.25, 0.3) is 6.08 Å². The van der Waals surface area contributed by atoms with Crippen LogP contribution in [0.2, 0.25) is 0 Å². The van der Waals surface area contributed by atoms with E-state index in [-0.39, 0.29) is 18.5 Å². The van der Waals surface area contributed by atoms with Crippen molar-refractivity contribution in [2.75, 3.05) is 14.2 Å². The maximum atomic E-state index is 13.7. The minimum Gasteiger partial charge on any atom is -0.465 e. The fraction of sp³-hybridized carbons (Fsp3) is 0.286. The number of hydrogen-bond donors (Lipinski definition) is 3. The Morgan fingerprint density at radius 3 is 1.70 bits per heavy atom. The second kappa shape index (κ2) is 16.6. The lowest BCUT2D eigenvalue weighted by molar-refractivity contribution is -0.138. The van der Waals surface area contributed by atoms with Crippen LogP contribution in [0.5, 0.6) is 0 Å². The minimum atomic E-state index is -1.16. The molecule has 0 radical (unpaired) electrons. The zero-order chi connectivity index (χ0) is 33.7. The fourth-order valence-corrected chi connectivity index (χ4v) is 4.32. The second-order valence-electron chi connectivity index (χ2n) is 11.3. The van der Waals surface area contributed by atoms with Crippen molar-refractivity contribution >= 4 is 35.9 Å². The number of amides is 3. The molecule has 0 bridgehead atoms. The predicted molar refractivity (Wildman–Crippen MR) is 171 cm³/mol. The summed E-state index contributed by atoms with van der Waals surface area (Å²) in [5.74, 6) is -2.68. The molecule has 0 aromatic heterocycles. The first-order valence-corrected chi connectivity index (χ1v) is 14.6. The van der Waals surface area contributed by atoms with Gasteiger partial charge >= 0.3 is 18.0 Å². The van der Waals surface area contributed by atoms with Gasteiger partial charge in [-0.3, -0.25) is 9.59 Å². The Labute approximate surface area is 268 Å². The van der Waals surface area contributed by atoms with Crippen molar-refractivity contribution in [2.45, 2.75) is 51.3 Å². The summed E-state index contributed by atoms with van der Waals surface area (Å²) in [6.45, 7) is 5.12. The first-order chi connectivity index (χ1) is 21.9. The van der Waals surface area contributed by atoms with Gasteiger partial charge in [-0.25, -0.2) is 14.4 Å². The lowest BCUT2D eigenvalue weighted by atomic mass is 10.0. The lowest BCUT2D eigenvalue weighted by Crippen LogP contribution is -2.55. The molecule has 11 nitrogen and oxygen atoms in total. The number of benzene rings is 3. The SMILES string of the molecule is COC(=O)/C(=C/c1ccc(C(=O)OC)cc1)NC(=O)[C@H](Cc1ccccc1)NC(=O)[C@H](Cc1ccccc1)NC(=O)OC(C)(C)C. The van der Waals surface area contributed by atoms with Gasteiger partial charge in [-0.2, -0.15) is 0 Å². The van der Waals surface area contributed by atoms with Crippen molar-refractivity contribution in [1.29, 1.82) is 0 Å². The standard InChI is InChI=1S/C35H39N3O8/c1-35(2,3)46-34(43)38-28(21-24-14-10-7-11-15-24)31(40)36-27(20-23-12-8-6-9-13-23)30(39)37-29(33(42)45-5)22-25-16-18-26(19-17-25)32(41)44-4/h6-19,22,27-28H,20-21H2,1-5H3,(H,36,40)(H,37,39)(H,38,43)/b29-22-/t27-,28-/m0/s1. The van der Waals surface area contributed by atoms with E-state index >= 15 is 0 Å². The highest BCUT2D eigenvalue weighted by Gasteiger charge is 2.30. The molecule has 0 spiro atoms. The van der Waals surface area contributed by atoms with Crippen molar-refractivity contribution in [3.05, 3.63) is 113 Å². The van der Waals surface area contributed by atoms with Crippen LogP contribution in [-0.2, 0) is 41.4 Å². The molecule has 0 saturated heterocycles. The number of rotatable bonds is 12. The number of carbonyl (C=O) groups is 5. The van der Waals surface area contributed by atoms with Gasteiger partial charge in [0.25, 0.3) is 0 Å². The van der Waals surface area contributed by atoms with Crippen molar-refractivity contribution < 1.29 is 38.2 Å². The Kier molecular flexibility index (Phi) is 12.6. The topological polar surface area (TPSA) is 149 Å². The van der Waals surface area contributed by atoms with Gasteiger partial charge in [0.15, 0.2) is 0 Å². The summed E-state index contributed by atoms with van der Waals surface area (Å²) in [6, 6.07) is 22.0. The maximum Gasteiger partial charge on any atom is 0.408 e. The van der Waals surface area contributed by atoms with E-state index in [1.165, 1.54) is 32.4 Å². The Hall–Kier alpha value is -5.45. The van der Waals surface area contributed by atoms with Crippen LogP contribution >= 0.6 is 0 Å². The first kappa shape index (κ1) is 35.0. The summed E-state index contributed by atoms with van der Waals surface area (Å²) >= 11 is 0. The molecule has 46 heavy (non-hydrogen) atoms. The molecular weight excluding hydrogens is 590 g/mol. The molecule has 242 valence electrons. The highest BCUT2D eigenvalue weighted by atomic mass is 16.6. The average Bonchev–Trinajstić information content (AvgIpc) is 3.03. The van der Waals surface area contributed by atoms with Crippen LogP contribution in [0.4, 0.5) is 4.79 Å². The Balaban J connectivity index is 1.90. The van der Waals surface area contributed by atoms with Gasteiger partial charge in [0.1, 0.15) is 23.4 Å². The van der Waals surface area contributed by atoms with Gasteiger partial charge in [0.2, 0.25) is 11.8 Å². The number of alkyl carbamates (subject to hydrolysis) is 1. The summed E-state index contributed by atoms with van der Waals surface area (Å²) in [5, 5.41) is 7.96. The summed E-state index contributed by atoms with van der Waals surface area (Å²) < 4.78 is 15.0. The van der Waals surface area contributed by atoms with E-state index in [0.717, 1.165) is 11.1 Å². The molecule has 0 aliphatic heterocycles. The van der Waals surface area contributed by atoms with Crippen LogP contribution in [0.15, 0.2) is 90.6 Å². The number of nitrogens with one attached hydrogen (secondary N) is 3. The van der Waals surface area contributed by atoms with Gasteiger partial charge in [0.05, 0.1) is 19.8 Å². The molecule has 0 aliphatic rings. The van der Waals surface area contributed by atoms with Gasteiger partial charge in [0, 0.05) is 12.8 Å². The van der Waals surface area contributed by atoms with Crippen molar-refractivity contribution in [2.24, 2.45) is 0 Å². The van der Waals surface area contributed by atoms with Gasteiger partial charge in [-0.1, -0.05) is 72.8 Å². The van der Waals surface area contributed by atoms with E-state index in [1.807, 2.05) is 36.4 Å². The molecule has 11 heteroatoms. The summed E-state index contributed by atoms with van der Waals surface area (Å²) in [6.07, 6.45) is 0.793. The van der Waals surface area contributed by atoms with Gasteiger partial charge in [-0.15, -0.1) is 0 Å². The van der Waals surface area contributed by atoms with Crippen molar-refractivity contribution in [3.63, 3.8) is 0 Å². The van der Waals surface area contributed by atoms with E-state index in [9.17, 15) is 24.0 Å². The molecule has 0 aliphatic carbocycles. The van der Waals surface area contributed by atoms with Crippen LogP contribution in [-0.4, -0.2) is 61.8 Å². The molecule has 0 fully saturated rings. The summed E-state index contributed by atoms with van der Waals surface area (Å²) in [7, 11) is 2.44. The number of methoxy groups -OCH3 is 2. The van der Waals surface area contributed by atoms with E-state index in [0.29, 0.717) is 11.1 Å². The number of esters is 2. The third kappa shape index (κ3) is 11.2. The summed E-state index contributed by atoms with van der Waals surface area (Å²) in [5.41, 5.74) is 1.31. The molecule has 3 N–H and O–H groups in total. The highest BCUT2D eigenvalue weighted by molar-refractivity contribution is 6.00. The van der Waals surface area contributed by atoms with Gasteiger partial charge < -0.3 is 30.2 Å². The Morgan fingerprint density at radius 1 is 0.696 bits per heavy atom. The number of ether oxygens (including phenoxy) is 3. The molecule has 0 saturated carbocycles. The number of hydrogen-bond acceptors (Lipinski definition) is 8. The molecule has 3 aromatic carbocycles. The molecule has 2 atom stereocenters. The minimum absolute atomic E-state index is 0.0746. The second-order valence-corrected chi connectivity index (χ2v) is 11.3. The monoisotopic (exact) mass is 629 g/mol. The van der Waals surface area contributed by atoms with Crippen molar-refractivity contribution in [3.8, 4) is 0 Å². The van der Waals surface area contributed by atoms with Crippen LogP contribution in [0.3, 0.4) is 0 Å². The zero-order valence-corrected chi connectivity index (χ0v) is 26.5. The lowest BCUT2D eigenvalue weighted by Gasteiger charge is -2.25. The maximum absolute atomic E-state index is 13.7. The average molecular weight is 630 g/mol. The van der Waals surface area contributed by atoms with E-state index < -0.39 is 47.5 Å². The number of carbonyl (C=O) groups excluding carboxylic acids is 5. The zero-order valence-electron chi connectivity index (χ0n) is 26.5. The summed E-state index contributed by atoms with van der Waals surface area (Å²) in [4.78, 5) is 64.6. The third-order valence-corrected chi connectivity index (χ3v) is 6.51. The quantitative estimate of drug-likeness (QED) is 0.155. The van der Waals surface area contributed by atoms with E-state index in [4.69, 9.17) is 14.2 Å². The predicted octanol–water partition coefficient (Wildman–Crippen LogP) is 3.97. The normalized spacial score (nSPS) is 12.6. The smallest absolute Gasteiger partial charge is 0.408 e. The van der Waals surface area contributed by atoms with Crippen LogP contribution in [0, 0.1) is 0 Å². The third-order valence-electron chi connectivity index (χ3n) is 6.51. The molecular formula is C35H39N3O8. The van der Waals surface area contributed by atoms with Gasteiger partial charge in [-0.05, 0) is 55.7 Å². The fourth-order valence-electron chi connectivity index (χ4n) is 4.32. The largest absolute Gasteiger partial charge is 0.465 e. The van der Waals surface area contributed by atoms with E-state index in [2.05, 4.69) is 16.0 Å². The first-order valence-electron chi connectivity index (χ1n) is 14.6. The highest BCUT2D eigenvalue weighted by Crippen LogP contribution is 2.13. The Morgan fingerprint density at radius 2 is 1.22 bits per heavy atom. The molecule has 0 heterocycles.